The summed E-state index contributed by atoms with van der Waals surface area (Å²) in [7, 11) is 0. The lowest BCUT2D eigenvalue weighted by Gasteiger charge is -2.35. The van der Waals surface area contributed by atoms with Crippen LogP contribution >= 0.6 is 0 Å². The summed E-state index contributed by atoms with van der Waals surface area (Å²) in [6, 6.07) is 42.9. The number of aromatic nitrogens is 2. The summed E-state index contributed by atoms with van der Waals surface area (Å²) in [6.45, 7) is 0.746. The number of fused-ring (bicyclic) bond motifs is 12. The number of hydrogen-bond donors (Lipinski definition) is 0. The van der Waals surface area contributed by atoms with E-state index in [1.807, 2.05) is 12.1 Å². The molecule has 6 aromatic carbocycles. The van der Waals surface area contributed by atoms with E-state index in [0.717, 1.165) is 100.0 Å². The summed E-state index contributed by atoms with van der Waals surface area (Å²) in [5, 5.41) is 1.94. The van der Waals surface area contributed by atoms with E-state index in [0.29, 0.717) is 37.2 Å². The van der Waals surface area contributed by atoms with Crippen molar-refractivity contribution in [1.82, 2.24) is 9.13 Å². The molecule has 0 radical (unpaired) electrons. The quantitative estimate of drug-likeness (QED) is 0.114. The van der Waals surface area contributed by atoms with Crippen molar-refractivity contribution in [3.05, 3.63) is 177 Å². The minimum absolute atomic E-state index is 0.0991. The van der Waals surface area contributed by atoms with Crippen LogP contribution in [0.15, 0.2) is 121 Å². The number of ether oxygens (including phenoxy) is 2. The van der Waals surface area contributed by atoms with Crippen molar-refractivity contribution in [2.45, 2.75) is 61.4 Å². The van der Waals surface area contributed by atoms with Crippen molar-refractivity contribution >= 4 is 21.8 Å². The first kappa shape index (κ1) is 45.0. The van der Waals surface area contributed by atoms with Gasteiger partial charge in [-0.2, -0.15) is 0 Å². The Morgan fingerprint density at radius 2 is 0.792 bits per heavy atom. The van der Waals surface area contributed by atoms with E-state index in [9.17, 15) is 0 Å². The molecule has 2 aromatic heterocycles. The Labute approximate surface area is 422 Å². The fourth-order valence-electron chi connectivity index (χ4n) is 12.8. The Bertz CT molecular complexity index is 3670. The Kier molecular flexibility index (Phi) is 11.1. The number of terminal acetylenes is 8. The van der Waals surface area contributed by atoms with Gasteiger partial charge in [0, 0.05) is 69.7 Å². The van der Waals surface area contributed by atoms with E-state index < -0.39 is 22.7 Å². The maximum Gasteiger partial charge on any atom is 0.148 e. The van der Waals surface area contributed by atoms with Crippen LogP contribution < -0.4 is 9.47 Å². The molecule has 11 rings (SSSR count). The standard InChI is InChI=1S/C68H46N2O2/c1-9-33-67(34-10-2)55-23-19-17-21-49(55)51-29-25-45(41-57(51)67)61-63-53-43-47(71-39-15-7)27-31-59(53)70(38-14-6)66(63)62(64-54-44-48(72-40-16-8)28-32-60(54)69(37-13-5)65(61)64)46-26-30-52-50-22-18-20-24-56(50)68(35-11-3,36-12-4)58(52)42-46/h1-8,17-32,41-44,61-62H,33-40H2. The van der Waals surface area contributed by atoms with Gasteiger partial charge >= 0.3 is 0 Å². The third kappa shape index (κ3) is 6.43. The molecule has 0 N–H and O–H groups in total. The molecule has 2 atom stereocenters. The molecule has 3 aliphatic carbocycles. The average Bonchev–Trinajstić information content (AvgIpc) is 4.07. The molecule has 2 unspecified atom stereocenters. The lowest BCUT2D eigenvalue weighted by Crippen LogP contribution is -2.27. The van der Waals surface area contributed by atoms with E-state index in [4.69, 9.17) is 60.9 Å². The molecule has 340 valence electrons. The van der Waals surface area contributed by atoms with Crippen molar-refractivity contribution in [2.24, 2.45) is 0 Å². The first-order valence-electron chi connectivity index (χ1n) is 23.9. The Morgan fingerprint density at radius 1 is 0.403 bits per heavy atom. The number of hydrogen-bond acceptors (Lipinski definition) is 2. The zero-order chi connectivity index (χ0) is 49.7. The Balaban J connectivity index is 1.30. The fraction of sp³-hybridized carbons (Fsp3) is 0.176. The Morgan fingerprint density at radius 3 is 1.17 bits per heavy atom. The van der Waals surface area contributed by atoms with Gasteiger partial charge in [0.25, 0.3) is 0 Å². The van der Waals surface area contributed by atoms with Crippen molar-refractivity contribution in [1.29, 1.82) is 0 Å². The molecular formula is C68H46N2O2. The number of nitrogens with zero attached hydrogens (tertiary/aromatic N) is 2. The lowest BCUT2D eigenvalue weighted by atomic mass is 9.69. The third-order valence-corrected chi connectivity index (χ3v) is 15.4. The van der Waals surface area contributed by atoms with Crippen molar-refractivity contribution in [2.75, 3.05) is 13.2 Å². The second kappa shape index (κ2) is 17.8. The van der Waals surface area contributed by atoms with E-state index in [2.05, 4.69) is 166 Å². The first-order valence-corrected chi connectivity index (χ1v) is 23.9. The maximum atomic E-state index is 6.43. The van der Waals surface area contributed by atoms with Gasteiger partial charge in [0.05, 0.1) is 24.9 Å². The summed E-state index contributed by atoms with van der Waals surface area (Å²) in [4.78, 5) is 0. The highest BCUT2D eigenvalue weighted by Crippen LogP contribution is 2.60. The summed E-state index contributed by atoms with van der Waals surface area (Å²) < 4.78 is 17.0. The summed E-state index contributed by atoms with van der Waals surface area (Å²) in [5.74, 6) is 23.9. The molecular weight excluding hydrogens is 877 g/mol. The molecule has 2 heterocycles. The van der Waals surface area contributed by atoms with Gasteiger partial charge in [0.1, 0.15) is 24.7 Å². The monoisotopic (exact) mass is 922 g/mol. The van der Waals surface area contributed by atoms with Gasteiger partial charge in [0.2, 0.25) is 0 Å². The average molecular weight is 923 g/mol. The van der Waals surface area contributed by atoms with Crippen LogP contribution in [0.4, 0.5) is 0 Å². The van der Waals surface area contributed by atoms with Gasteiger partial charge in [-0.05, 0) is 103 Å². The van der Waals surface area contributed by atoms with E-state index in [1.165, 1.54) is 0 Å². The van der Waals surface area contributed by atoms with Crippen LogP contribution in [0.3, 0.4) is 0 Å². The molecule has 0 bridgehead atoms. The van der Waals surface area contributed by atoms with Gasteiger partial charge < -0.3 is 18.6 Å². The van der Waals surface area contributed by atoms with E-state index >= 15 is 0 Å². The van der Waals surface area contributed by atoms with Gasteiger partial charge in [-0.3, -0.25) is 0 Å². The van der Waals surface area contributed by atoms with Crippen LogP contribution in [0.1, 0.15) is 93.4 Å². The summed E-state index contributed by atoms with van der Waals surface area (Å²) >= 11 is 0. The summed E-state index contributed by atoms with van der Waals surface area (Å²) in [5.41, 5.74) is 15.8. The molecule has 4 nitrogen and oxygen atoms in total. The molecule has 3 aliphatic rings. The fourth-order valence-corrected chi connectivity index (χ4v) is 12.8. The molecule has 8 aromatic rings. The first-order chi connectivity index (χ1) is 35.4. The van der Waals surface area contributed by atoms with E-state index in [1.54, 1.807) is 0 Å². The molecule has 0 fully saturated rings. The second-order valence-electron chi connectivity index (χ2n) is 18.8. The SMILES string of the molecule is C#CCOc1ccc2c(c1)c1c(n2CC#C)C(c2ccc3c(c2)C(CC#C)(CC#C)c2ccccc2-3)c2c(n(CC#C)c3ccc(OCC#C)cc23)C1c1ccc2c(c1)C(CC#C)(CC#C)c1ccccc1-2. The smallest absolute Gasteiger partial charge is 0.148 e. The lowest BCUT2D eigenvalue weighted by molar-refractivity contribution is 0.371. The highest BCUT2D eigenvalue weighted by atomic mass is 16.5. The highest BCUT2D eigenvalue weighted by Gasteiger charge is 2.48. The van der Waals surface area contributed by atoms with Gasteiger partial charge in [-0.1, -0.05) is 109 Å². The van der Waals surface area contributed by atoms with Crippen LogP contribution in [-0.4, -0.2) is 22.3 Å². The van der Waals surface area contributed by atoms with Crippen LogP contribution in [0.2, 0.25) is 0 Å². The number of rotatable bonds is 12. The highest BCUT2D eigenvalue weighted by molar-refractivity contribution is 5.96. The summed E-state index contributed by atoms with van der Waals surface area (Å²) in [6.07, 6.45) is 51.2. The molecule has 72 heavy (non-hydrogen) atoms. The van der Waals surface area contributed by atoms with Gasteiger partial charge in [-0.15, -0.1) is 75.1 Å². The molecule has 0 aliphatic heterocycles. The third-order valence-electron chi connectivity index (χ3n) is 15.4. The second-order valence-corrected chi connectivity index (χ2v) is 18.8. The van der Waals surface area contributed by atoms with E-state index in [-0.39, 0.29) is 26.3 Å². The largest absolute Gasteiger partial charge is 0.481 e. The normalized spacial score (nSPS) is 15.5. The van der Waals surface area contributed by atoms with Crippen molar-refractivity contribution < 1.29 is 9.47 Å². The topological polar surface area (TPSA) is 28.3 Å². The van der Waals surface area contributed by atoms with Crippen LogP contribution in [0, 0.1) is 98.8 Å². The van der Waals surface area contributed by atoms with Gasteiger partial charge in [0.15, 0.2) is 0 Å². The molecule has 0 saturated heterocycles. The van der Waals surface area contributed by atoms with Crippen molar-refractivity contribution in [3.8, 4) is 133 Å². The van der Waals surface area contributed by atoms with Crippen LogP contribution in [-0.2, 0) is 23.9 Å². The van der Waals surface area contributed by atoms with Crippen LogP contribution in [0.25, 0.3) is 44.1 Å². The number of benzene rings is 6. The minimum Gasteiger partial charge on any atom is -0.481 e. The minimum atomic E-state index is -0.623. The zero-order valence-corrected chi connectivity index (χ0v) is 39.7. The molecule has 0 saturated carbocycles. The van der Waals surface area contributed by atoms with Crippen LogP contribution in [0.5, 0.6) is 11.5 Å². The predicted molar refractivity (Wildman–Crippen MR) is 291 cm³/mol. The molecule has 0 spiro atoms. The van der Waals surface area contributed by atoms with Gasteiger partial charge in [-0.25, -0.2) is 0 Å². The predicted octanol–water partition coefficient (Wildman–Crippen LogP) is 12.2. The maximum absolute atomic E-state index is 6.43. The Hall–Kier alpha value is -9.52. The molecule has 0 amide bonds. The van der Waals surface area contributed by atoms with Crippen molar-refractivity contribution in [3.63, 3.8) is 0 Å². The zero-order valence-electron chi connectivity index (χ0n) is 39.7. The molecule has 4 heteroatoms.